The molecule has 0 saturated heterocycles. The summed E-state index contributed by atoms with van der Waals surface area (Å²) in [6.07, 6.45) is 8.13. The van der Waals surface area contributed by atoms with E-state index < -0.39 is 0 Å². The fourth-order valence-corrected chi connectivity index (χ4v) is 1.07. The number of aliphatic imine (C=N–C) groups is 2. The minimum Gasteiger partial charge on any atom is -0.279 e. The van der Waals surface area contributed by atoms with Crippen LogP contribution in [-0.4, -0.2) is 24.5 Å². The van der Waals surface area contributed by atoms with Crippen molar-refractivity contribution in [1.82, 2.24) is 0 Å². The highest BCUT2D eigenvalue weighted by Gasteiger charge is 2.06. The van der Waals surface area contributed by atoms with Crippen molar-refractivity contribution in [3.63, 3.8) is 0 Å². The maximum Gasteiger partial charge on any atom is 0.0827 e. The molecule has 50 valence electrons. The average molecular weight is 132 g/mol. The summed E-state index contributed by atoms with van der Waals surface area (Å²) in [5.74, 6) is 0. The first-order valence-corrected chi connectivity index (χ1v) is 3.39. The number of rotatable bonds is 0. The van der Waals surface area contributed by atoms with Gasteiger partial charge in [-0.25, -0.2) is 0 Å². The Morgan fingerprint density at radius 3 is 1.90 bits per heavy atom. The van der Waals surface area contributed by atoms with Crippen LogP contribution in [0.25, 0.3) is 0 Å². The summed E-state index contributed by atoms with van der Waals surface area (Å²) < 4.78 is 0. The van der Waals surface area contributed by atoms with Gasteiger partial charge >= 0.3 is 0 Å². The highest BCUT2D eigenvalue weighted by molar-refractivity contribution is 6.51. The van der Waals surface area contributed by atoms with Crippen molar-refractivity contribution < 1.29 is 0 Å². The Labute approximate surface area is 59.7 Å². The maximum atomic E-state index is 4.26. The molecule has 0 fully saturated rings. The van der Waals surface area contributed by atoms with Gasteiger partial charge in [-0.1, -0.05) is 12.2 Å². The normalized spacial score (nSPS) is 21.6. The van der Waals surface area contributed by atoms with Crippen LogP contribution in [0.5, 0.6) is 0 Å². The standard InChI is InChI=1S/C8H8N2/c1-3-7-8(9-5-1)4-2-6-10-7/h1-4H,5-6H2. The van der Waals surface area contributed by atoms with Gasteiger partial charge in [-0.3, -0.25) is 9.98 Å². The molecule has 10 heavy (non-hydrogen) atoms. The summed E-state index contributed by atoms with van der Waals surface area (Å²) in [5, 5.41) is 0. The molecular formula is C8H8N2. The highest BCUT2D eigenvalue weighted by atomic mass is 14.8. The van der Waals surface area contributed by atoms with Crippen LogP contribution in [0.3, 0.4) is 0 Å². The molecule has 2 rings (SSSR count). The minimum atomic E-state index is 0.804. The molecule has 2 aliphatic heterocycles. The van der Waals surface area contributed by atoms with Crippen molar-refractivity contribution in [2.24, 2.45) is 9.98 Å². The van der Waals surface area contributed by atoms with E-state index in [1.54, 1.807) is 0 Å². The van der Waals surface area contributed by atoms with E-state index in [9.17, 15) is 0 Å². The smallest absolute Gasteiger partial charge is 0.0827 e. The number of fused-ring (bicyclic) bond motifs is 1. The maximum absolute atomic E-state index is 4.26. The zero-order valence-corrected chi connectivity index (χ0v) is 5.62. The first-order valence-electron chi connectivity index (χ1n) is 3.39. The number of dihydropyridines is 2. The van der Waals surface area contributed by atoms with Gasteiger partial charge in [0.2, 0.25) is 0 Å². The fourth-order valence-electron chi connectivity index (χ4n) is 1.07. The lowest BCUT2D eigenvalue weighted by molar-refractivity contribution is 1.20. The summed E-state index contributed by atoms with van der Waals surface area (Å²) in [5.41, 5.74) is 2.07. The SMILES string of the molecule is C1=CC2=NCC=CC2=NC1. The van der Waals surface area contributed by atoms with Crippen molar-refractivity contribution in [3.8, 4) is 0 Å². The monoisotopic (exact) mass is 132 g/mol. The molecule has 2 heteroatoms. The quantitative estimate of drug-likeness (QED) is 0.470. The zero-order chi connectivity index (χ0) is 6.81. The van der Waals surface area contributed by atoms with Crippen LogP contribution < -0.4 is 0 Å². The van der Waals surface area contributed by atoms with Crippen LogP contribution in [0.2, 0.25) is 0 Å². The molecule has 0 saturated carbocycles. The summed E-state index contributed by atoms with van der Waals surface area (Å²) in [4.78, 5) is 8.53. The van der Waals surface area contributed by atoms with E-state index in [1.807, 2.05) is 24.3 Å². The Morgan fingerprint density at radius 2 is 1.40 bits per heavy atom. The van der Waals surface area contributed by atoms with E-state index in [1.165, 1.54) is 0 Å². The van der Waals surface area contributed by atoms with E-state index in [4.69, 9.17) is 0 Å². The number of allylic oxidation sites excluding steroid dienone is 2. The van der Waals surface area contributed by atoms with E-state index in [0.717, 1.165) is 24.5 Å². The molecular weight excluding hydrogens is 124 g/mol. The second kappa shape index (κ2) is 2.21. The molecule has 2 nitrogen and oxygen atoms in total. The van der Waals surface area contributed by atoms with Crippen molar-refractivity contribution in [2.45, 2.75) is 0 Å². The lowest BCUT2D eigenvalue weighted by Crippen LogP contribution is -2.16. The molecule has 0 unspecified atom stereocenters. The molecule has 0 aromatic heterocycles. The lowest BCUT2D eigenvalue weighted by atomic mass is 10.1. The fraction of sp³-hybridized carbons (Fsp3) is 0.250. The second-order valence-corrected chi connectivity index (χ2v) is 2.26. The van der Waals surface area contributed by atoms with Crippen LogP contribution in [0.1, 0.15) is 0 Å². The molecule has 0 aliphatic carbocycles. The van der Waals surface area contributed by atoms with E-state index in [2.05, 4.69) is 9.98 Å². The summed E-state index contributed by atoms with van der Waals surface area (Å²) in [6.45, 7) is 1.61. The molecule has 0 N–H and O–H groups in total. The van der Waals surface area contributed by atoms with E-state index in [0.29, 0.717) is 0 Å². The van der Waals surface area contributed by atoms with Crippen molar-refractivity contribution in [1.29, 1.82) is 0 Å². The summed E-state index contributed by atoms with van der Waals surface area (Å²) in [7, 11) is 0. The second-order valence-electron chi connectivity index (χ2n) is 2.26. The Bertz CT molecular complexity index is 228. The first-order chi connectivity index (χ1) is 4.97. The topological polar surface area (TPSA) is 24.7 Å². The van der Waals surface area contributed by atoms with Crippen LogP contribution in [-0.2, 0) is 0 Å². The van der Waals surface area contributed by atoms with Gasteiger partial charge in [0.05, 0.1) is 24.5 Å². The number of hydrogen-bond donors (Lipinski definition) is 0. The Hall–Kier alpha value is -1.18. The predicted molar refractivity (Wildman–Crippen MR) is 42.9 cm³/mol. The number of nitrogens with zero attached hydrogens (tertiary/aromatic N) is 2. The third-order valence-corrected chi connectivity index (χ3v) is 1.55. The molecule has 0 aromatic carbocycles. The molecule has 2 aliphatic rings. The average Bonchev–Trinajstić information content (AvgIpc) is 2.05. The zero-order valence-electron chi connectivity index (χ0n) is 5.62. The van der Waals surface area contributed by atoms with Crippen LogP contribution in [0.4, 0.5) is 0 Å². The van der Waals surface area contributed by atoms with Crippen molar-refractivity contribution in [2.75, 3.05) is 13.1 Å². The van der Waals surface area contributed by atoms with Crippen molar-refractivity contribution >= 4 is 11.4 Å². The van der Waals surface area contributed by atoms with Crippen LogP contribution in [0, 0.1) is 0 Å². The third-order valence-electron chi connectivity index (χ3n) is 1.55. The van der Waals surface area contributed by atoms with E-state index >= 15 is 0 Å². The lowest BCUT2D eigenvalue weighted by Gasteiger charge is -2.08. The molecule has 0 atom stereocenters. The molecule has 0 radical (unpaired) electrons. The van der Waals surface area contributed by atoms with Gasteiger partial charge in [0.15, 0.2) is 0 Å². The van der Waals surface area contributed by atoms with Gasteiger partial charge in [0.25, 0.3) is 0 Å². The molecule has 0 aromatic rings. The summed E-state index contributed by atoms with van der Waals surface area (Å²) >= 11 is 0. The first kappa shape index (κ1) is 5.59. The molecule has 0 spiro atoms. The van der Waals surface area contributed by atoms with Gasteiger partial charge < -0.3 is 0 Å². The van der Waals surface area contributed by atoms with Gasteiger partial charge in [-0.15, -0.1) is 0 Å². The largest absolute Gasteiger partial charge is 0.279 e. The number of hydrogen-bond acceptors (Lipinski definition) is 2. The molecule has 0 bridgehead atoms. The predicted octanol–water partition coefficient (Wildman–Crippen LogP) is 1.01. The van der Waals surface area contributed by atoms with Gasteiger partial charge in [-0.2, -0.15) is 0 Å². The third kappa shape index (κ3) is 0.817. The Balaban J connectivity index is 2.38. The van der Waals surface area contributed by atoms with Gasteiger partial charge in [-0.05, 0) is 12.2 Å². The molecule has 0 amide bonds. The summed E-state index contributed by atoms with van der Waals surface area (Å²) in [6, 6.07) is 0. The van der Waals surface area contributed by atoms with E-state index in [-0.39, 0.29) is 0 Å². The van der Waals surface area contributed by atoms with Gasteiger partial charge in [0, 0.05) is 0 Å². The minimum absolute atomic E-state index is 0.804. The Kier molecular flexibility index (Phi) is 1.24. The molecule has 2 heterocycles. The van der Waals surface area contributed by atoms with Crippen LogP contribution in [0.15, 0.2) is 34.3 Å². The van der Waals surface area contributed by atoms with Crippen LogP contribution >= 0.6 is 0 Å². The highest BCUT2D eigenvalue weighted by Crippen LogP contribution is 2.02. The Morgan fingerprint density at radius 1 is 0.900 bits per heavy atom. The van der Waals surface area contributed by atoms with Gasteiger partial charge in [0.1, 0.15) is 0 Å². The van der Waals surface area contributed by atoms with Crippen molar-refractivity contribution in [3.05, 3.63) is 24.3 Å².